The highest BCUT2D eigenvalue weighted by molar-refractivity contribution is 9.10. The second-order valence-electron chi connectivity index (χ2n) is 5.65. The van der Waals surface area contributed by atoms with Gasteiger partial charge < -0.3 is 0 Å². The molecule has 1 aromatic rings. The molecule has 0 radical (unpaired) electrons. The van der Waals surface area contributed by atoms with E-state index in [9.17, 15) is 4.79 Å². The van der Waals surface area contributed by atoms with Gasteiger partial charge in [-0.25, -0.2) is 5.43 Å². The molecular formula is C15H17BrN2O. The quantitative estimate of drug-likeness (QED) is 0.672. The molecule has 1 spiro atoms. The summed E-state index contributed by atoms with van der Waals surface area (Å²) >= 11 is 3.40. The van der Waals surface area contributed by atoms with Gasteiger partial charge in [-0.1, -0.05) is 34.5 Å². The van der Waals surface area contributed by atoms with E-state index in [2.05, 4.69) is 26.5 Å². The van der Waals surface area contributed by atoms with Crippen molar-refractivity contribution in [3.05, 3.63) is 34.3 Å². The fourth-order valence-electron chi connectivity index (χ4n) is 2.87. The molecule has 3 nitrogen and oxygen atoms in total. The molecule has 1 amide bonds. The first kappa shape index (κ1) is 12.9. The molecule has 2 aliphatic rings. The van der Waals surface area contributed by atoms with E-state index in [0.717, 1.165) is 22.2 Å². The van der Waals surface area contributed by atoms with Crippen molar-refractivity contribution in [2.45, 2.75) is 32.6 Å². The first-order valence-electron chi connectivity index (χ1n) is 6.71. The minimum atomic E-state index is 0.0937. The molecule has 1 aromatic carbocycles. The van der Waals surface area contributed by atoms with E-state index in [0.29, 0.717) is 5.41 Å². The number of benzene rings is 1. The number of hydrogen-bond acceptors (Lipinski definition) is 2. The maximum absolute atomic E-state index is 12.0. The summed E-state index contributed by atoms with van der Waals surface area (Å²) in [6, 6.07) is 7.92. The molecule has 0 heterocycles. The third-order valence-electron chi connectivity index (χ3n) is 4.45. The Kier molecular flexibility index (Phi) is 3.21. The van der Waals surface area contributed by atoms with Gasteiger partial charge >= 0.3 is 0 Å². The number of rotatable bonds is 3. The Bertz CT molecular complexity index is 532. The average Bonchev–Trinajstić information content (AvgIpc) is 3.12. The fraction of sp³-hybridized carbons (Fsp3) is 0.467. The van der Waals surface area contributed by atoms with Crippen molar-refractivity contribution in [2.24, 2.45) is 16.4 Å². The van der Waals surface area contributed by atoms with Crippen molar-refractivity contribution < 1.29 is 4.79 Å². The van der Waals surface area contributed by atoms with Crippen LogP contribution in [0.15, 0.2) is 33.8 Å². The largest absolute Gasteiger partial charge is 0.273 e. The van der Waals surface area contributed by atoms with Crippen molar-refractivity contribution in [3.63, 3.8) is 0 Å². The number of carbonyl (C=O) groups excluding carboxylic acids is 1. The van der Waals surface area contributed by atoms with Gasteiger partial charge in [0.25, 0.3) is 0 Å². The number of halogens is 1. The van der Waals surface area contributed by atoms with Gasteiger partial charge in [-0.05, 0) is 49.3 Å². The maximum atomic E-state index is 12.0. The number of amides is 1. The number of nitrogens with zero attached hydrogens (tertiary/aromatic N) is 1. The predicted octanol–water partition coefficient (Wildman–Crippen LogP) is 3.48. The van der Waals surface area contributed by atoms with Crippen LogP contribution in [0.25, 0.3) is 0 Å². The van der Waals surface area contributed by atoms with Crippen LogP contribution in [-0.2, 0) is 4.79 Å². The monoisotopic (exact) mass is 320 g/mol. The summed E-state index contributed by atoms with van der Waals surface area (Å²) in [6.45, 7) is 1.91. The third kappa shape index (κ3) is 2.46. The molecule has 0 saturated heterocycles. The molecule has 1 atom stereocenters. The van der Waals surface area contributed by atoms with Crippen molar-refractivity contribution in [2.75, 3.05) is 0 Å². The van der Waals surface area contributed by atoms with E-state index < -0.39 is 0 Å². The first-order chi connectivity index (χ1) is 9.11. The van der Waals surface area contributed by atoms with Crippen molar-refractivity contribution in [1.82, 2.24) is 5.43 Å². The van der Waals surface area contributed by atoms with Gasteiger partial charge in [0.2, 0.25) is 5.91 Å². The zero-order valence-corrected chi connectivity index (χ0v) is 12.5. The molecular weight excluding hydrogens is 304 g/mol. The van der Waals surface area contributed by atoms with Crippen LogP contribution in [0.2, 0.25) is 0 Å². The van der Waals surface area contributed by atoms with E-state index in [-0.39, 0.29) is 11.8 Å². The fourth-order valence-corrected chi connectivity index (χ4v) is 3.14. The number of hydrazone groups is 1. The van der Waals surface area contributed by atoms with E-state index >= 15 is 0 Å². The molecule has 0 aliphatic heterocycles. The zero-order chi connectivity index (χ0) is 13.5. The minimum Gasteiger partial charge on any atom is -0.273 e. The van der Waals surface area contributed by atoms with Crippen LogP contribution >= 0.6 is 15.9 Å². The van der Waals surface area contributed by atoms with Gasteiger partial charge in [-0.3, -0.25) is 4.79 Å². The second-order valence-corrected chi connectivity index (χ2v) is 6.57. The van der Waals surface area contributed by atoms with Gasteiger partial charge in [0.1, 0.15) is 0 Å². The minimum absolute atomic E-state index is 0.0937. The molecule has 2 saturated carbocycles. The van der Waals surface area contributed by atoms with Crippen molar-refractivity contribution in [1.29, 1.82) is 0 Å². The maximum Gasteiger partial charge on any atom is 0.243 e. The number of carbonyl (C=O) groups is 1. The predicted molar refractivity (Wildman–Crippen MR) is 78.9 cm³/mol. The summed E-state index contributed by atoms with van der Waals surface area (Å²) in [5, 5.41) is 4.21. The summed E-state index contributed by atoms with van der Waals surface area (Å²) in [7, 11) is 0. The van der Waals surface area contributed by atoms with E-state index in [4.69, 9.17) is 0 Å². The molecule has 1 unspecified atom stereocenters. The van der Waals surface area contributed by atoms with E-state index in [1.807, 2.05) is 31.2 Å². The Morgan fingerprint density at radius 3 is 2.58 bits per heavy atom. The highest BCUT2D eigenvalue weighted by Gasteiger charge is 2.60. The Morgan fingerprint density at radius 2 is 2.05 bits per heavy atom. The van der Waals surface area contributed by atoms with Crippen molar-refractivity contribution >= 4 is 27.5 Å². The molecule has 0 bridgehead atoms. The zero-order valence-electron chi connectivity index (χ0n) is 10.9. The molecule has 4 heteroatoms. The Morgan fingerprint density at radius 1 is 1.37 bits per heavy atom. The summed E-state index contributed by atoms with van der Waals surface area (Å²) in [6.07, 6.45) is 4.79. The van der Waals surface area contributed by atoms with Gasteiger partial charge in [-0.2, -0.15) is 5.10 Å². The highest BCUT2D eigenvalue weighted by atomic mass is 79.9. The molecule has 2 fully saturated rings. The summed E-state index contributed by atoms with van der Waals surface area (Å²) < 4.78 is 1.04. The summed E-state index contributed by atoms with van der Waals surface area (Å²) in [4.78, 5) is 12.0. The Balaban J connectivity index is 1.60. The molecule has 2 aliphatic carbocycles. The topological polar surface area (TPSA) is 41.5 Å². The smallest absolute Gasteiger partial charge is 0.243 e. The van der Waals surface area contributed by atoms with Crippen LogP contribution < -0.4 is 5.43 Å². The van der Waals surface area contributed by atoms with Crippen LogP contribution in [0.3, 0.4) is 0 Å². The van der Waals surface area contributed by atoms with E-state index in [1.54, 1.807) is 0 Å². The van der Waals surface area contributed by atoms with Crippen LogP contribution in [0, 0.1) is 11.3 Å². The van der Waals surface area contributed by atoms with Gasteiger partial charge in [0.15, 0.2) is 0 Å². The van der Waals surface area contributed by atoms with Crippen LogP contribution in [0.1, 0.15) is 38.2 Å². The van der Waals surface area contributed by atoms with Gasteiger partial charge in [0, 0.05) is 10.4 Å². The number of nitrogens with one attached hydrogen (secondary N) is 1. The van der Waals surface area contributed by atoms with Crippen LogP contribution in [-0.4, -0.2) is 11.6 Å². The lowest BCUT2D eigenvalue weighted by molar-refractivity contribution is -0.123. The second kappa shape index (κ2) is 4.75. The summed E-state index contributed by atoms with van der Waals surface area (Å²) in [5.74, 6) is 0.305. The SMILES string of the molecule is CC(=NNC(=O)C1CC12CCC2)c1ccc(Br)cc1. The Labute approximate surface area is 121 Å². The highest BCUT2D eigenvalue weighted by Crippen LogP contribution is 2.65. The van der Waals surface area contributed by atoms with Crippen LogP contribution in [0.4, 0.5) is 0 Å². The summed E-state index contributed by atoms with van der Waals surface area (Å²) in [5.41, 5.74) is 4.95. The lowest BCUT2D eigenvalue weighted by Gasteiger charge is -2.25. The molecule has 3 rings (SSSR count). The third-order valence-corrected chi connectivity index (χ3v) is 4.98. The standard InChI is InChI=1S/C15H17BrN2O/c1-10(11-3-5-12(16)6-4-11)17-18-14(19)13-9-15(13)7-2-8-15/h3-6,13H,2,7-9H2,1H3,(H,18,19). The first-order valence-corrected chi connectivity index (χ1v) is 7.50. The average molecular weight is 321 g/mol. The lowest BCUT2D eigenvalue weighted by atomic mass is 9.80. The molecule has 0 aromatic heterocycles. The number of hydrogen-bond donors (Lipinski definition) is 1. The van der Waals surface area contributed by atoms with Crippen LogP contribution in [0.5, 0.6) is 0 Å². The molecule has 100 valence electrons. The van der Waals surface area contributed by atoms with Gasteiger partial charge in [0.05, 0.1) is 5.71 Å². The van der Waals surface area contributed by atoms with E-state index in [1.165, 1.54) is 19.3 Å². The molecule has 19 heavy (non-hydrogen) atoms. The Hall–Kier alpha value is -1.16. The molecule has 1 N–H and O–H groups in total. The van der Waals surface area contributed by atoms with Gasteiger partial charge in [-0.15, -0.1) is 0 Å². The normalized spacial score (nSPS) is 23.9. The van der Waals surface area contributed by atoms with Crippen molar-refractivity contribution in [3.8, 4) is 0 Å². The lowest BCUT2D eigenvalue weighted by Crippen LogP contribution is -2.26.